The Hall–Kier alpha value is -0.380. The van der Waals surface area contributed by atoms with E-state index in [0.717, 1.165) is 0 Å². The van der Waals surface area contributed by atoms with Crippen molar-refractivity contribution in [3.63, 3.8) is 0 Å². The van der Waals surface area contributed by atoms with Crippen LogP contribution in [0.2, 0.25) is 0 Å². The second-order valence-electron chi connectivity index (χ2n) is 2.69. The van der Waals surface area contributed by atoms with Crippen molar-refractivity contribution in [2.45, 2.75) is 18.2 Å². The molecular weight excluding hydrogens is 176 g/mol. The molecule has 11 heavy (non-hydrogen) atoms. The summed E-state index contributed by atoms with van der Waals surface area (Å²) in [6, 6.07) is 0. The van der Waals surface area contributed by atoms with Crippen molar-refractivity contribution in [3.8, 4) is 0 Å². The average molecular weight is 184 g/mol. The van der Waals surface area contributed by atoms with Gasteiger partial charge in [0.25, 0.3) is 0 Å². The Morgan fingerprint density at radius 1 is 1.73 bits per heavy atom. The van der Waals surface area contributed by atoms with Crippen LogP contribution >= 0.6 is 11.6 Å². The van der Waals surface area contributed by atoms with Gasteiger partial charge in [0.15, 0.2) is 0 Å². The summed E-state index contributed by atoms with van der Waals surface area (Å²) in [7, 11) is 0. The van der Waals surface area contributed by atoms with E-state index in [2.05, 4.69) is 16.9 Å². The van der Waals surface area contributed by atoms with E-state index in [1.807, 2.05) is 0 Å². The van der Waals surface area contributed by atoms with E-state index in [4.69, 9.17) is 0 Å². The van der Waals surface area contributed by atoms with Gasteiger partial charge in [-0.25, -0.2) is 0 Å². The summed E-state index contributed by atoms with van der Waals surface area (Å²) in [5.41, 5.74) is 0. The van der Waals surface area contributed by atoms with E-state index < -0.39 is 11.8 Å². The molecule has 1 unspecified atom stereocenters. The minimum atomic E-state index is -3.17. The number of hydrogen-bond donors (Lipinski definition) is 1. The number of halogens is 3. The molecule has 0 bridgehead atoms. The molecule has 0 aromatic heterocycles. The van der Waals surface area contributed by atoms with Crippen LogP contribution in [0.15, 0.2) is 0 Å². The highest BCUT2D eigenvalue weighted by atomic mass is 35.5. The molecule has 5 heteroatoms. The van der Waals surface area contributed by atoms with Gasteiger partial charge < -0.3 is 5.32 Å². The second-order valence-corrected chi connectivity index (χ2v) is 3.25. The molecule has 1 amide bonds. The van der Waals surface area contributed by atoms with Crippen LogP contribution in [0.4, 0.5) is 8.78 Å². The van der Waals surface area contributed by atoms with Crippen LogP contribution in [-0.2, 0) is 4.79 Å². The fraction of sp³-hybridized carbons (Fsp3) is 0.833. The van der Waals surface area contributed by atoms with Crippen molar-refractivity contribution < 1.29 is 13.6 Å². The van der Waals surface area contributed by atoms with E-state index in [1.54, 1.807) is 0 Å². The van der Waals surface area contributed by atoms with E-state index >= 15 is 0 Å². The van der Waals surface area contributed by atoms with Crippen LogP contribution in [-0.4, -0.2) is 17.8 Å². The molecular formula is C6H8ClF2NO. The summed E-state index contributed by atoms with van der Waals surface area (Å²) in [6.07, 6.45) is -0.254. The maximum absolute atomic E-state index is 12.1. The lowest BCUT2D eigenvalue weighted by atomic mass is 10.1. The zero-order valence-corrected chi connectivity index (χ0v) is 6.50. The third-order valence-corrected chi connectivity index (χ3v) is 1.74. The van der Waals surface area contributed by atoms with Gasteiger partial charge in [-0.3, -0.25) is 4.79 Å². The summed E-state index contributed by atoms with van der Waals surface area (Å²) in [5.74, 6) is -0.481. The molecule has 1 N–H and O–H groups in total. The molecule has 1 aliphatic rings. The Morgan fingerprint density at radius 3 is 2.73 bits per heavy atom. The Morgan fingerprint density at radius 2 is 2.36 bits per heavy atom. The number of nitrogens with one attached hydrogen (secondary N) is 1. The first-order valence-corrected chi connectivity index (χ1v) is 3.68. The van der Waals surface area contributed by atoms with Gasteiger partial charge in [-0.2, -0.15) is 8.78 Å². The smallest absolute Gasteiger partial charge is 0.322 e. The molecule has 0 saturated carbocycles. The third-order valence-electron chi connectivity index (χ3n) is 1.58. The summed E-state index contributed by atoms with van der Waals surface area (Å²) in [4.78, 5) is 10.5. The maximum atomic E-state index is 12.1. The van der Waals surface area contributed by atoms with Gasteiger partial charge in [-0.05, 0) is 17.5 Å². The molecule has 0 spiro atoms. The Bertz CT molecular complexity index is 168. The fourth-order valence-corrected chi connectivity index (χ4v) is 1.35. The molecule has 1 atom stereocenters. The molecule has 64 valence electrons. The number of hydrogen-bond acceptors (Lipinski definition) is 1. The van der Waals surface area contributed by atoms with Crippen LogP contribution in [0, 0.1) is 5.92 Å². The van der Waals surface area contributed by atoms with Crippen molar-refractivity contribution in [2.75, 3.05) is 6.54 Å². The largest absolute Gasteiger partial charge is 0.356 e. The first-order chi connectivity index (χ1) is 4.97. The van der Waals surface area contributed by atoms with E-state index in [-0.39, 0.29) is 18.2 Å². The predicted octanol–water partition coefficient (Wildman–Crippen LogP) is 1.34. The quantitative estimate of drug-likeness (QED) is 0.644. The van der Waals surface area contributed by atoms with Gasteiger partial charge in [0.05, 0.1) is 0 Å². The van der Waals surface area contributed by atoms with Crippen LogP contribution < -0.4 is 5.32 Å². The van der Waals surface area contributed by atoms with E-state index in [0.29, 0.717) is 6.54 Å². The molecule has 0 radical (unpaired) electrons. The zero-order valence-electron chi connectivity index (χ0n) is 5.74. The summed E-state index contributed by atoms with van der Waals surface area (Å²) in [5, 5.41) is -0.708. The fourth-order valence-electron chi connectivity index (χ4n) is 1.14. The highest BCUT2D eigenvalue weighted by Gasteiger charge is 2.33. The maximum Gasteiger partial charge on any atom is 0.322 e. The van der Waals surface area contributed by atoms with Crippen molar-refractivity contribution in [1.29, 1.82) is 0 Å². The minimum Gasteiger partial charge on any atom is -0.356 e. The first-order valence-electron chi connectivity index (χ1n) is 3.31. The molecule has 1 saturated heterocycles. The van der Waals surface area contributed by atoms with Crippen LogP contribution in [0.25, 0.3) is 0 Å². The van der Waals surface area contributed by atoms with Gasteiger partial charge in [0.1, 0.15) is 0 Å². The lowest BCUT2D eigenvalue weighted by molar-refractivity contribution is -0.119. The number of rotatable bonds is 2. The Labute approximate surface area is 67.9 Å². The summed E-state index contributed by atoms with van der Waals surface area (Å²) < 4.78 is 24.3. The molecule has 0 aromatic carbocycles. The number of carbonyl (C=O) groups excluding carboxylic acids is 1. The standard InChI is InChI=1S/C6H8ClF2NO/c7-6(8,9)2-4-1-5(11)10-3-4/h4H,1-3H2,(H,10,11). The van der Waals surface area contributed by atoms with Gasteiger partial charge in [0, 0.05) is 19.4 Å². The van der Waals surface area contributed by atoms with Crippen molar-refractivity contribution in [2.24, 2.45) is 5.92 Å². The third kappa shape index (κ3) is 3.01. The summed E-state index contributed by atoms with van der Waals surface area (Å²) in [6.45, 7) is 0.321. The second kappa shape index (κ2) is 2.93. The van der Waals surface area contributed by atoms with Crippen LogP contribution in [0.5, 0.6) is 0 Å². The normalized spacial score (nSPS) is 25.4. The molecule has 0 aliphatic carbocycles. The first kappa shape index (κ1) is 8.71. The SMILES string of the molecule is O=C1CC(CC(F)(F)Cl)CN1. The number of alkyl halides is 3. The zero-order chi connectivity index (χ0) is 8.48. The average Bonchev–Trinajstić information content (AvgIpc) is 2.10. The molecule has 2 nitrogen and oxygen atoms in total. The molecule has 0 aromatic rings. The van der Waals surface area contributed by atoms with Gasteiger partial charge in [-0.15, -0.1) is 0 Å². The van der Waals surface area contributed by atoms with Gasteiger partial charge in [-0.1, -0.05) is 0 Å². The predicted molar refractivity (Wildman–Crippen MR) is 36.5 cm³/mol. The molecule has 1 fully saturated rings. The molecule has 1 rings (SSSR count). The highest BCUT2D eigenvalue weighted by molar-refractivity contribution is 6.21. The lowest BCUT2D eigenvalue weighted by Crippen LogP contribution is -2.17. The van der Waals surface area contributed by atoms with E-state index in [1.165, 1.54) is 0 Å². The monoisotopic (exact) mass is 183 g/mol. The van der Waals surface area contributed by atoms with Gasteiger partial charge in [0.2, 0.25) is 5.91 Å². The molecule has 1 aliphatic heterocycles. The number of amides is 1. The van der Waals surface area contributed by atoms with Crippen LogP contribution in [0.3, 0.4) is 0 Å². The number of carbonyl (C=O) groups is 1. The van der Waals surface area contributed by atoms with E-state index in [9.17, 15) is 13.6 Å². The van der Waals surface area contributed by atoms with Crippen molar-refractivity contribution in [3.05, 3.63) is 0 Å². The van der Waals surface area contributed by atoms with Crippen molar-refractivity contribution in [1.82, 2.24) is 5.32 Å². The Balaban J connectivity index is 2.34. The lowest BCUT2D eigenvalue weighted by Gasteiger charge is -2.10. The van der Waals surface area contributed by atoms with Gasteiger partial charge >= 0.3 is 5.38 Å². The topological polar surface area (TPSA) is 29.1 Å². The minimum absolute atomic E-state index is 0.169. The van der Waals surface area contributed by atoms with Crippen LogP contribution in [0.1, 0.15) is 12.8 Å². The highest BCUT2D eigenvalue weighted by Crippen LogP contribution is 2.30. The molecule has 1 heterocycles. The Kier molecular flexibility index (Phi) is 2.32. The van der Waals surface area contributed by atoms with Crippen molar-refractivity contribution >= 4 is 17.5 Å². The summed E-state index contributed by atoms with van der Waals surface area (Å²) >= 11 is 4.69.